The summed E-state index contributed by atoms with van der Waals surface area (Å²) >= 11 is 7.71. The van der Waals surface area contributed by atoms with Gasteiger partial charge >= 0.3 is 0 Å². The number of anilines is 5. The van der Waals surface area contributed by atoms with Crippen molar-refractivity contribution in [3.05, 3.63) is 253 Å². The van der Waals surface area contributed by atoms with E-state index in [9.17, 15) is 0 Å². The van der Waals surface area contributed by atoms with Crippen molar-refractivity contribution in [1.82, 2.24) is 0 Å². The lowest BCUT2D eigenvalue weighted by atomic mass is 9.33. The Balaban J connectivity index is 1.13. The monoisotopic (exact) mass is 930 g/mol. The van der Waals surface area contributed by atoms with Crippen molar-refractivity contribution in [2.45, 2.75) is 18.4 Å². The second-order valence-corrected chi connectivity index (χ2v) is 19.2. The van der Waals surface area contributed by atoms with Crippen molar-refractivity contribution >= 4 is 107 Å². The van der Waals surface area contributed by atoms with Crippen LogP contribution in [0.4, 0.5) is 28.4 Å². The number of fused-ring (bicyclic) bond motifs is 10. The van der Waals surface area contributed by atoms with E-state index in [4.69, 9.17) is 20.4 Å². The number of furan rings is 2. The van der Waals surface area contributed by atoms with E-state index in [0.717, 1.165) is 105 Å². The van der Waals surface area contributed by atoms with Crippen LogP contribution in [0.2, 0.25) is 5.02 Å². The molecule has 0 spiro atoms. The molecule has 1 aliphatic carbocycles. The van der Waals surface area contributed by atoms with Gasteiger partial charge in [-0.3, -0.25) is 0 Å². The topological polar surface area (TPSA) is 32.8 Å². The summed E-state index contributed by atoms with van der Waals surface area (Å²) in [4.78, 5) is 5.12. The SMILES string of the molecule is C=C/C=C\CC(C1=CC=C[C@H]1c1ccccc1)N1c2cc3c(cc2B2c4cc5oc6ccccc6c5cc4N(c4c(-c5ccccc5)cccc4-c4ccccc4)c4cc(Cl)cc1c42)oc1ccccc13. The molecule has 0 amide bonds. The van der Waals surface area contributed by atoms with Crippen molar-refractivity contribution in [3.63, 3.8) is 0 Å². The predicted octanol–water partition coefficient (Wildman–Crippen LogP) is 16.0. The highest BCUT2D eigenvalue weighted by atomic mass is 35.5. The molecule has 4 heterocycles. The standard InChI is InChI=1S/C65H44BClN2O2/c1-2-3-7-32-55(48-31-18-28-45(48)41-20-8-4-9-21-41)68-56-37-51-49-26-14-16-33-60(49)70-62(51)39-53(56)66-54-40-63-52(50-27-15-17-34-61(50)71-63)38-57(54)69(59-36-44(67)35-58(68)64(59)66)65-46(42-22-10-5-11-23-42)29-19-30-47(65)43-24-12-6-13-25-43/h2-31,33-40,45,55H,1,32H2/b7-3-/t45-,55?/m0/s1. The summed E-state index contributed by atoms with van der Waals surface area (Å²) in [6.07, 6.45) is 13.8. The van der Waals surface area contributed by atoms with Crippen LogP contribution in [0.3, 0.4) is 0 Å². The second-order valence-electron chi connectivity index (χ2n) is 18.8. The van der Waals surface area contributed by atoms with Crippen LogP contribution >= 0.6 is 11.6 Å². The van der Waals surface area contributed by atoms with Crippen LogP contribution in [0.1, 0.15) is 17.9 Å². The van der Waals surface area contributed by atoms with Crippen LogP contribution in [0.5, 0.6) is 0 Å². The number of rotatable bonds is 9. The largest absolute Gasteiger partial charge is 0.456 e. The van der Waals surface area contributed by atoms with Crippen molar-refractivity contribution < 1.29 is 8.83 Å². The zero-order chi connectivity index (χ0) is 47.2. The van der Waals surface area contributed by atoms with E-state index in [0.29, 0.717) is 11.4 Å². The maximum Gasteiger partial charge on any atom is 0.252 e. The van der Waals surface area contributed by atoms with Crippen molar-refractivity contribution in [2.24, 2.45) is 0 Å². The van der Waals surface area contributed by atoms with Gasteiger partial charge in [-0.15, -0.1) is 0 Å². The number of hydrogen-bond donors (Lipinski definition) is 0. The molecule has 0 radical (unpaired) electrons. The third kappa shape index (κ3) is 6.54. The summed E-state index contributed by atoms with van der Waals surface area (Å²) in [5, 5.41) is 4.94. The molecule has 2 aliphatic heterocycles. The predicted molar refractivity (Wildman–Crippen MR) is 299 cm³/mol. The van der Waals surface area contributed by atoms with Gasteiger partial charge in [0, 0.05) is 66.4 Å². The lowest BCUT2D eigenvalue weighted by molar-refractivity contribution is 0.669. The Labute approximate surface area is 417 Å². The van der Waals surface area contributed by atoms with Gasteiger partial charge in [0.2, 0.25) is 0 Å². The van der Waals surface area contributed by atoms with Crippen LogP contribution in [0, 0.1) is 0 Å². The summed E-state index contributed by atoms with van der Waals surface area (Å²) in [5.41, 5.74) is 19.2. The zero-order valence-corrected chi connectivity index (χ0v) is 39.4. The molecule has 14 rings (SSSR count). The lowest BCUT2D eigenvalue weighted by Gasteiger charge is -2.47. The minimum Gasteiger partial charge on any atom is -0.456 e. The van der Waals surface area contributed by atoms with Gasteiger partial charge in [-0.25, -0.2) is 0 Å². The molecule has 0 saturated heterocycles. The van der Waals surface area contributed by atoms with Crippen molar-refractivity contribution in [2.75, 3.05) is 9.80 Å². The normalized spacial score (nSPS) is 15.2. The Kier molecular flexibility index (Phi) is 9.68. The summed E-state index contributed by atoms with van der Waals surface area (Å²) in [5.74, 6) is 0.0674. The van der Waals surface area contributed by atoms with Gasteiger partial charge in [-0.1, -0.05) is 200 Å². The van der Waals surface area contributed by atoms with Crippen molar-refractivity contribution in [1.29, 1.82) is 0 Å². The molecule has 336 valence electrons. The zero-order valence-electron chi connectivity index (χ0n) is 38.7. The Hall–Kier alpha value is -8.51. The first-order valence-corrected chi connectivity index (χ1v) is 24.8. The molecule has 4 nitrogen and oxygen atoms in total. The molecular formula is C65H44BClN2O2. The van der Waals surface area contributed by atoms with Gasteiger partial charge < -0.3 is 18.6 Å². The molecular weight excluding hydrogens is 887 g/mol. The summed E-state index contributed by atoms with van der Waals surface area (Å²) < 4.78 is 13.7. The molecule has 0 fully saturated rings. The molecule has 2 aromatic heterocycles. The number of nitrogens with zero attached hydrogens (tertiary/aromatic N) is 2. The van der Waals surface area contributed by atoms with E-state index in [1.807, 2.05) is 18.2 Å². The van der Waals surface area contributed by atoms with Gasteiger partial charge in [-0.2, -0.15) is 0 Å². The first-order chi connectivity index (χ1) is 35.1. The first kappa shape index (κ1) is 41.5. The summed E-state index contributed by atoms with van der Waals surface area (Å²) in [6, 6.07) is 69.5. The summed E-state index contributed by atoms with van der Waals surface area (Å²) in [6.45, 7) is 3.86. The van der Waals surface area contributed by atoms with Crippen LogP contribution in [0.25, 0.3) is 66.1 Å². The Morgan fingerprint density at radius 1 is 0.563 bits per heavy atom. The Morgan fingerprint density at radius 2 is 1.13 bits per heavy atom. The number of halogens is 1. The molecule has 0 saturated carbocycles. The average Bonchev–Trinajstić information content (AvgIpc) is 4.15. The third-order valence-electron chi connectivity index (χ3n) is 14.9. The Bertz CT molecular complexity index is 3980. The highest BCUT2D eigenvalue weighted by Crippen LogP contribution is 2.52. The van der Waals surface area contributed by atoms with E-state index in [-0.39, 0.29) is 18.7 Å². The van der Waals surface area contributed by atoms with Gasteiger partial charge in [0.05, 0.1) is 11.7 Å². The van der Waals surface area contributed by atoms with E-state index >= 15 is 0 Å². The van der Waals surface area contributed by atoms with Gasteiger partial charge in [0.25, 0.3) is 6.71 Å². The first-order valence-electron chi connectivity index (χ1n) is 24.4. The summed E-state index contributed by atoms with van der Waals surface area (Å²) in [7, 11) is 0. The highest BCUT2D eigenvalue weighted by Gasteiger charge is 2.47. The van der Waals surface area contributed by atoms with E-state index in [2.05, 4.69) is 229 Å². The van der Waals surface area contributed by atoms with E-state index < -0.39 is 0 Å². The quantitative estimate of drug-likeness (QED) is 0.107. The minimum absolute atomic E-state index is 0.0674. The second kappa shape index (κ2) is 16.6. The van der Waals surface area contributed by atoms with E-state index in [1.54, 1.807) is 0 Å². The molecule has 11 aromatic rings. The van der Waals surface area contributed by atoms with Gasteiger partial charge in [0.15, 0.2) is 0 Å². The lowest BCUT2D eigenvalue weighted by Crippen LogP contribution is -2.63. The molecule has 2 atom stereocenters. The maximum atomic E-state index is 7.71. The Morgan fingerprint density at radius 3 is 1.76 bits per heavy atom. The number of benzene rings is 9. The van der Waals surface area contributed by atoms with Crippen LogP contribution in [0.15, 0.2) is 252 Å². The fourth-order valence-corrected chi connectivity index (χ4v) is 12.2. The number of allylic oxidation sites excluding steroid dienone is 5. The molecule has 3 aliphatic rings. The van der Waals surface area contributed by atoms with Crippen LogP contribution < -0.4 is 26.2 Å². The van der Waals surface area contributed by atoms with Crippen molar-refractivity contribution in [3.8, 4) is 22.3 Å². The van der Waals surface area contributed by atoms with Crippen LogP contribution in [-0.4, -0.2) is 12.8 Å². The minimum atomic E-state index is -0.237. The van der Waals surface area contributed by atoms with E-state index in [1.165, 1.54) is 16.6 Å². The highest BCUT2D eigenvalue weighted by molar-refractivity contribution is 7.00. The van der Waals surface area contributed by atoms with Crippen LogP contribution in [-0.2, 0) is 0 Å². The van der Waals surface area contributed by atoms with Gasteiger partial charge in [-0.05, 0) is 93.6 Å². The molecule has 71 heavy (non-hydrogen) atoms. The molecule has 1 unspecified atom stereocenters. The molecule has 0 N–H and O–H groups in total. The maximum absolute atomic E-state index is 7.71. The fraction of sp³-hybridized carbons (Fsp3) is 0.0462. The smallest absolute Gasteiger partial charge is 0.252 e. The molecule has 9 aromatic carbocycles. The fourth-order valence-electron chi connectivity index (χ4n) is 12.0. The third-order valence-corrected chi connectivity index (χ3v) is 15.2. The number of para-hydroxylation sites is 3. The molecule has 0 bridgehead atoms. The molecule has 6 heteroatoms. The number of hydrogen-bond acceptors (Lipinski definition) is 4. The van der Waals surface area contributed by atoms with Gasteiger partial charge in [0.1, 0.15) is 22.3 Å². The average molecular weight is 931 g/mol.